The van der Waals surface area contributed by atoms with Gasteiger partial charge in [-0.25, -0.2) is 0 Å². The van der Waals surface area contributed by atoms with Crippen molar-refractivity contribution < 1.29 is 14.6 Å². The normalized spacial score (nSPS) is 12.5. The van der Waals surface area contributed by atoms with E-state index in [4.69, 9.17) is 27.9 Å². The van der Waals surface area contributed by atoms with Crippen molar-refractivity contribution in [2.45, 2.75) is 39.0 Å². The fraction of sp³-hybridized carbons (Fsp3) is 0.286. The molecule has 0 unspecified atom stereocenters. The lowest BCUT2D eigenvalue weighted by atomic mass is 10.0. The van der Waals surface area contributed by atoms with Crippen LogP contribution in [0.5, 0.6) is 5.75 Å². The first-order chi connectivity index (χ1) is 13.3. The highest BCUT2D eigenvalue weighted by molar-refractivity contribution is 6.37. The van der Waals surface area contributed by atoms with Gasteiger partial charge in [-0.1, -0.05) is 41.4 Å². The van der Waals surface area contributed by atoms with E-state index in [2.05, 4.69) is 10.3 Å². The minimum absolute atomic E-state index is 0.0495. The molecule has 0 saturated heterocycles. The maximum atomic E-state index is 11.7. The number of nitrogens with one attached hydrogen (secondary N) is 2. The first kappa shape index (κ1) is 20.5. The van der Waals surface area contributed by atoms with Crippen LogP contribution in [0.25, 0.3) is 10.9 Å². The Morgan fingerprint density at radius 3 is 2.54 bits per heavy atom. The molecule has 0 bridgehead atoms. The lowest BCUT2D eigenvalue weighted by Crippen LogP contribution is -2.38. The summed E-state index contributed by atoms with van der Waals surface area (Å²) in [5.74, 6) is -0.474. The molecule has 28 heavy (non-hydrogen) atoms. The zero-order valence-corrected chi connectivity index (χ0v) is 17.1. The summed E-state index contributed by atoms with van der Waals surface area (Å²) in [6.07, 6.45) is 2.16. The zero-order chi connectivity index (χ0) is 20.3. The third-order valence-electron chi connectivity index (χ3n) is 4.36. The number of ether oxygens (including phenoxy) is 1. The standard InChI is InChI=1S/C21H22Cl2N2O3/c1-12(2)28-20-16(22)7-13(8-17(20)23)10-24-19(21(26)27)9-14-11-25-18-6-4-3-5-15(14)18/h3-8,11-12,19,24-25H,9-10H2,1-2H3,(H,26,27)/t19-/m1/s1. The summed E-state index contributed by atoms with van der Waals surface area (Å²) >= 11 is 12.6. The Morgan fingerprint density at radius 2 is 1.89 bits per heavy atom. The summed E-state index contributed by atoms with van der Waals surface area (Å²) in [4.78, 5) is 14.9. The van der Waals surface area contributed by atoms with E-state index in [-0.39, 0.29) is 6.10 Å². The molecule has 1 atom stereocenters. The number of hydrogen-bond donors (Lipinski definition) is 3. The molecular formula is C21H22Cl2N2O3. The van der Waals surface area contributed by atoms with Crippen LogP contribution in [0, 0.1) is 0 Å². The average Bonchev–Trinajstić information content (AvgIpc) is 3.04. The molecule has 3 aromatic rings. The molecule has 148 valence electrons. The molecule has 2 aromatic carbocycles. The monoisotopic (exact) mass is 420 g/mol. The van der Waals surface area contributed by atoms with Crippen LogP contribution in [0.1, 0.15) is 25.0 Å². The molecule has 0 aliphatic heterocycles. The SMILES string of the molecule is CC(C)Oc1c(Cl)cc(CN[C@H](Cc2c[nH]c3ccccc23)C(=O)O)cc1Cl. The molecule has 1 heterocycles. The number of aromatic amines is 1. The summed E-state index contributed by atoms with van der Waals surface area (Å²) in [6, 6.07) is 10.6. The summed E-state index contributed by atoms with van der Waals surface area (Å²) in [6.45, 7) is 4.11. The fourth-order valence-electron chi connectivity index (χ4n) is 3.07. The van der Waals surface area contributed by atoms with Gasteiger partial charge in [-0.2, -0.15) is 0 Å². The van der Waals surface area contributed by atoms with E-state index in [1.807, 2.05) is 44.3 Å². The van der Waals surface area contributed by atoms with E-state index in [1.54, 1.807) is 12.1 Å². The van der Waals surface area contributed by atoms with Gasteiger partial charge in [0.25, 0.3) is 0 Å². The number of halogens is 2. The van der Waals surface area contributed by atoms with Crippen molar-refractivity contribution in [1.82, 2.24) is 10.3 Å². The van der Waals surface area contributed by atoms with E-state index < -0.39 is 12.0 Å². The van der Waals surface area contributed by atoms with Crippen molar-refractivity contribution >= 4 is 40.1 Å². The molecule has 3 rings (SSSR count). The Bertz CT molecular complexity index is 962. The summed E-state index contributed by atoms with van der Waals surface area (Å²) < 4.78 is 5.62. The topological polar surface area (TPSA) is 74.3 Å². The van der Waals surface area contributed by atoms with Crippen molar-refractivity contribution in [3.8, 4) is 5.75 Å². The van der Waals surface area contributed by atoms with Crippen molar-refractivity contribution in [2.24, 2.45) is 0 Å². The highest BCUT2D eigenvalue weighted by atomic mass is 35.5. The summed E-state index contributed by atoms with van der Waals surface area (Å²) in [5, 5.41) is 14.5. The van der Waals surface area contributed by atoms with Crippen molar-refractivity contribution in [2.75, 3.05) is 0 Å². The summed E-state index contributed by atoms with van der Waals surface area (Å²) in [5.41, 5.74) is 2.73. The summed E-state index contributed by atoms with van der Waals surface area (Å²) in [7, 11) is 0. The third-order valence-corrected chi connectivity index (χ3v) is 4.92. The van der Waals surface area contributed by atoms with Crippen LogP contribution in [0.4, 0.5) is 0 Å². The minimum Gasteiger partial charge on any atom is -0.488 e. The molecular weight excluding hydrogens is 399 g/mol. The quantitative estimate of drug-likeness (QED) is 0.476. The van der Waals surface area contributed by atoms with Gasteiger partial charge < -0.3 is 20.1 Å². The van der Waals surface area contributed by atoms with Crippen molar-refractivity contribution in [3.63, 3.8) is 0 Å². The van der Waals surface area contributed by atoms with Gasteiger partial charge in [0.2, 0.25) is 0 Å². The second kappa shape index (κ2) is 8.86. The number of carboxylic acids is 1. The van der Waals surface area contributed by atoms with Crippen molar-refractivity contribution in [3.05, 3.63) is 63.8 Å². The molecule has 0 aliphatic carbocycles. The van der Waals surface area contributed by atoms with Gasteiger partial charge in [0, 0.05) is 30.1 Å². The van der Waals surface area contributed by atoms with Crippen molar-refractivity contribution in [1.29, 1.82) is 0 Å². The molecule has 3 N–H and O–H groups in total. The number of rotatable bonds is 8. The van der Waals surface area contributed by atoms with Gasteiger partial charge in [0.15, 0.2) is 5.75 Å². The fourth-order valence-corrected chi connectivity index (χ4v) is 3.69. The molecule has 0 radical (unpaired) electrons. The van der Waals surface area contributed by atoms with E-state index in [1.165, 1.54) is 0 Å². The Hall–Kier alpha value is -2.21. The third kappa shape index (κ3) is 4.79. The van der Waals surface area contributed by atoms with Crippen LogP contribution < -0.4 is 10.1 Å². The van der Waals surface area contributed by atoms with Crippen LogP contribution in [0.3, 0.4) is 0 Å². The van der Waals surface area contributed by atoms with Gasteiger partial charge in [-0.05, 0) is 43.2 Å². The van der Waals surface area contributed by atoms with E-state index in [0.717, 1.165) is 22.0 Å². The minimum atomic E-state index is -0.915. The molecule has 0 amide bonds. The molecule has 0 aliphatic rings. The number of H-pyrrole nitrogens is 1. The number of fused-ring (bicyclic) bond motifs is 1. The predicted octanol–water partition coefficient (Wildman–Crippen LogP) is 5.05. The van der Waals surface area contributed by atoms with E-state index in [9.17, 15) is 9.90 Å². The lowest BCUT2D eigenvalue weighted by molar-refractivity contribution is -0.139. The van der Waals surface area contributed by atoms with Crippen LogP contribution in [-0.2, 0) is 17.8 Å². The Labute approximate surface area is 173 Å². The largest absolute Gasteiger partial charge is 0.488 e. The first-order valence-corrected chi connectivity index (χ1v) is 9.76. The first-order valence-electron chi connectivity index (χ1n) is 9.01. The second-order valence-corrected chi connectivity index (χ2v) is 7.70. The smallest absolute Gasteiger partial charge is 0.321 e. The highest BCUT2D eigenvalue weighted by Crippen LogP contribution is 2.35. The van der Waals surface area contributed by atoms with Gasteiger partial charge in [0.1, 0.15) is 6.04 Å². The maximum absolute atomic E-state index is 11.7. The van der Waals surface area contributed by atoms with Gasteiger partial charge in [0.05, 0.1) is 16.1 Å². The van der Waals surface area contributed by atoms with Gasteiger partial charge in [-0.15, -0.1) is 0 Å². The maximum Gasteiger partial charge on any atom is 0.321 e. The molecule has 0 spiro atoms. The zero-order valence-electron chi connectivity index (χ0n) is 15.6. The lowest BCUT2D eigenvalue weighted by Gasteiger charge is -2.17. The Balaban J connectivity index is 1.73. The van der Waals surface area contributed by atoms with Gasteiger partial charge in [-0.3, -0.25) is 4.79 Å². The number of aromatic nitrogens is 1. The highest BCUT2D eigenvalue weighted by Gasteiger charge is 2.20. The van der Waals surface area contributed by atoms with Crippen LogP contribution in [0.15, 0.2) is 42.6 Å². The average molecular weight is 421 g/mol. The predicted molar refractivity (Wildman–Crippen MR) is 112 cm³/mol. The second-order valence-electron chi connectivity index (χ2n) is 6.89. The van der Waals surface area contributed by atoms with Gasteiger partial charge >= 0.3 is 5.97 Å². The number of aliphatic carboxylic acids is 1. The number of hydrogen-bond acceptors (Lipinski definition) is 3. The van der Waals surface area contributed by atoms with E-state index in [0.29, 0.717) is 28.8 Å². The molecule has 0 saturated carbocycles. The number of carbonyl (C=O) groups is 1. The van der Waals surface area contributed by atoms with Crippen LogP contribution >= 0.6 is 23.2 Å². The Kier molecular flexibility index (Phi) is 6.50. The van der Waals surface area contributed by atoms with Crippen LogP contribution in [0.2, 0.25) is 10.0 Å². The molecule has 5 nitrogen and oxygen atoms in total. The molecule has 7 heteroatoms. The number of carboxylic acid groups (broad SMARTS) is 1. The van der Waals surface area contributed by atoms with E-state index >= 15 is 0 Å². The number of benzene rings is 2. The number of para-hydroxylation sites is 1. The molecule has 0 fully saturated rings. The van der Waals surface area contributed by atoms with Crippen LogP contribution in [-0.4, -0.2) is 28.2 Å². The Morgan fingerprint density at radius 1 is 1.21 bits per heavy atom. The molecule has 1 aromatic heterocycles.